The molecular weight excluding hydrogens is 118 g/mol. The van der Waals surface area contributed by atoms with Crippen molar-refractivity contribution < 1.29 is 9.53 Å². The van der Waals surface area contributed by atoms with Crippen molar-refractivity contribution in [3.63, 3.8) is 0 Å². The van der Waals surface area contributed by atoms with Crippen molar-refractivity contribution in [3.8, 4) is 0 Å². The first-order valence-electron chi connectivity index (χ1n) is 2.78. The molecule has 0 fully saturated rings. The second-order valence-corrected chi connectivity index (χ2v) is 2.29. The van der Waals surface area contributed by atoms with Crippen LogP contribution in [0.15, 0.2) is 12.3 Å². The lowest BCUT2D eigenvalue weighted by Crippen LogP contribution is -2.40. The summed E-state index contributed by atoms with van der Waals surface area (Å²) < 4.78 is 4.95. The largest absolute Gasteiger partial charge is 0.485 e. The number of nitrogens with two attached hydrogens (primary N) is 1. The van der Waals surface area contributed by atoms with Gasteiger partial charge >= 0.3 is 0 Å². The minimum absolute atomic E-state index is 0.410. The highest BCUT2D eigenvalue weighted by Crippen LogP contribution is 2.21. The fourth-order valence-electron chi connectivity index (χ4n) is 0.678. The van der Waals surface area contributed by atoms with Gasteiger partial charge in [-0.25, -0.2) is 0 Å². The number of rotatable bonds is 1. The number of carbonyl (C=O) groups excluding carboxylic acids is 1. The van der Waals surface area contributed by atoms with Crippen LogP contribution in [0.25, 0.3) is 0 Å². The second kappa shape index (κ2) is 1.76. The first kappa shape index (κ1) is 6.13. The molecule has 3 heteroatoms. The van der Waals surface area contributed by atoms with Crippen LogP contribution in [0.1, 0.15) is 13.3 Å². The number of ether oxygens (including phenoxy) is 1. The maximum absolute atomic E-state index is 10.6. The molecule has 0 bridgehead atoms. The summed E-state index contributed by atoms with van der Waals surface area (Å²) in [6, 6.07) is 0. The van der Waals surface area contributed by atoms with Gasteiger partial charge in [-0.1, -0.05) is 0 Å². The van der Waals surface area contributed by atoms with Crippen molar-refractivity contribution in [1.29, 1.82) is 0 Å². The normalized spacial score (nSPS) is 32.1. The van der Waals surface area contributed by atoms with Crippen molar-refractivity contribution >= 4 is 5.91 Å². The van der Waals surface area contributed by atoms with Crippen molar-refractivity contribution in [2.75, 3.05) is 0 Å². The van der Waals surface area contributed by atoms with Crippen LogP contribution in [0, 0.1) is 0 Å². The van der Waals surface area contributed by atoms with Crippen molar-refractivity contribution in [2.24, 2.45) is 5.73 Å². The highest BCUT2D eigenvalue weighted by Gasteiger charge is 2.33. The predicted octanol–water partition coefficient (Wildman–Crippen LogP) is 0.164. The van der Waals surface area contributed by atoms with Gasteiger partial charge in [-0.2, -0.15) is 0 Å². The highest BCUT2D eigenvalue weighted by molar-refractivity contribution is 5.83. The fourth-order valence-corrected chi connectivity index (χ4v) is 0.678. The van der Waals surface area contributed by atoms with Gasteiger partial charge in [-0.05, 0) is 13.0 Å². The van der Waals surface area contributed by atoms with Crippen molar-refractivity contribution in [3.05, 3.63) is 12.3 Å². The van der Waals surface area contributed by atoms with Crippen LogP contribution in [0.5, 0.6) is 0 Å². The van der Waals surface area contributed by atoms with Gasteiger partial charge < -0.3 is 10.5 Å². The second-order valence-electron chi connectivity index (χ2n) is 2.29. The molecule has 0 spiro atoms. The molecule has 0 aromatic rings. The van der Waals surface area contributed by atoms with E-state index in [1.807, 2.05) is 0 Å². The first-order valence-corrected chi connectivity index (χ1v) is 2.78. The Kier molecular flexibility index (Phi) is 1.20. The quantitative estimate of drug-likeness (QED) is 0.545. The zero-order chi connectivity index (χ0) is 6.91. The molecular formula is C6H9NO2. The van der Waals surface area contributed by atoms with Gasteiger partial charge in [0.25, 0.3) is 5.91 Å². The van der Waals surface area contributed by atoms with E-state index in [-0.39, 0.29) is 0 Å². The average molecular weight is 127 g/mol. The molecule has 50 valence electrons. The molecule has 2 N–H and O–H groups in total. The van der Waals surface area contributed by atoms with E-state index < -0.39 is 11.5 Å². The number of amides is 1. The highest BCUT2D eigenvalue weighted by atomic mass is 16.5. The van der Waals surface area contributed by atoms with Crippen LogP contribution in [-0.4, -0.2) is 11.5 Å². The standard InChI is InChI=1S/C6H9NO2/c1-6(5(7)8)3-2-4-9-6/h2,4H,3H2,1H3,(H2,7,8). The van der Waals surface area contributed by atoms with Crippen LogP contribution >= 0.6 is 0 Å². The molecule has 3 nitrogen and oxygen atoms in total. The smallest absolute Gasteiger partial charge is 0.261 e. The van der Waals surface area contributed by atoms with E-state index in [9.17, 15) is 4.79 Å². The van der Waals surface area contributed by atoms with Gasteiger partial charge in [-0.3, -0.25) is 4.79 Å². The Morgan fingerprint density at radius 1 is 1.89 bits per heavy atom. The maximum atomic E-state index is 10.6. The topological polar surface area (TPSA) is 52.3 Å². The summed E-state index contributed by atoms with van der Waals surface area (Å²) in [5.74, 6) is -0.410. The Morgan fingerprint density at radius 2 is 2.56 bits per heavy atom. The summed E-state index contributed by atoms with van der Waals surface area (Å²) in [4.78, 5) is 10.6. The SMILES string of the molecule is CC1(C(N)=O)CC=CO1. The van der Waals surface area contributed by atoms with E-state index in [0.717, 1.165) is 0 Å². The molecule has 1 aliphatic heterocycles. The molecule has 0 aliphatic carbocycles. The number of primary amides is 1. The molecule has 1 unspecified atom stereocenters. The van der Waals surface area contributed by atoms with Crippen molar-refractivity contribution in [1.82, 2.24) is 0 Å². The molecule has 0 saturated carbocycles. The Hall–Kier alpha value is -0.990. The summed E-state index contributed by atoms with van der Waals surface area (Å²) in [5, 5.41) is 0. The molecule has 1 heterocycles. The lowest BCUT2D eigenvalue weighted by Gasteiger charge is -2.18. The van der Waals surface area contributed by atoms with Crippen molar-refractivity contribution in [2.45, 2.75) is 18.9 Å². The zero-order valence-corrected chi connectivity index (χ0v) is 5.26. The first-order chi connectivity index (χ1) is 4.15. The molecule has 9 heavy (non-hydrogen) atoms. The van der Waals surface area contributed by atoms with Gasteiger partial charge in [0.15, 0.2) is 5.60 Å². The molecule has 1 amide bonds. The molecule has 1 rings (SSSR count). The van der Waals surface area contributed by atoms with E-state index in [2.05, 4.69) is 0 Å². The third-order valence-electron chi connectivity index (χ3n) is 1.45. The van der Waals surface area contributed by atoms with E-state index in [1.165, 1.54) is 6.26 Å². The van der Waals surface area contributed by atoms with Crippen LogP contribution in [-0.2, 0) is 9.53 Å². The number of hydrogen-bond donors (Lipinski definition) is 1. The van der Waals surface area contributed by atoms with Crippen LogP contribution in [0.2, 0.25) is 0 Å². The maximum Gasteiger partial charge on any atom is 0.261 e. The van der Waals surface area contributed by atoms with Crippen LogP contribution < -0.4 is 5.73 Å². The third-order valence-corrected chi connectivity index (χ3v) is 1.45. The van der Waals surface area contributed by atoms with Gasteiger partial charge in [0.2, 0.25) is 0 Å². The molecule has 0 radical (unpaired) electrons. The summed E-state index contributed by atoms with van der Waals surface area (Å²) in [7, 11) is 0. The Morgan fingerprint density at radius 3 is 2.78 bits per heavy atom. The summed E-state index contributed by atoms with van der Waals surface area (Å²) >= 11 is 0. The lowest BCUT2D eigenvalue weighted by atomic mass is 10.0. The fraction of sp³-hybridized carbons (Fsp3) is 0.500. The Balaban J connectivity index is 2.66. The average Bonchev–Trinajstić information content (AvgIpc) is 2.16. The molecule has 0 aromatic heterocycles. The number of carbonyl (C=O) groups is 1. The Bertz CT molecular complexity index is 154. The molecule has 0 aromatic carbocycles. The predicted molar refractivity (Wildman–Crippen MR) is 32.4 cm³/mol. The zero-order valence-electron chi connectivity index (χ0n) is 5.26. The van der Waals surface area contributed by atoms with Crippen LogP contribution in [0.4, 0.5) is 0 Å². The minimum Gasteiger partial charge on any atom is -0.485 e. The monoisotopic (exact) mass is 127 g/mol. The Labute approximate surface area is 53.5 Å². The van der Waals surface area contributed by atoms with Crippen LogP contribution in [0.3, 0.4) is 0 Å². The van der Waals surface area contributed by atoms with E-state index in [4.69, 9.17) is 10.5 Å². The van der Waals surface area contributed by atoms with Gasteiger partial charge in [0.05, 0.1) is 6.26 Å². The van der Waals surface area contributed by atoms with E-state index in [0.29, 0.717) is 6.42 Å². The summed E-state index contributed by atoms with van der Waals surface area (Å²) in [6.07, 6.45) is 3.87. The molecule has 0 saturated heterocycles. The van der Waals surface area contributed by atoms with E-state index >= 15 is 0 Å². The molecule has 1 atom stereocenters. The minimum atomic E-state index is -0.778. The van der Waals surface area contributed by atoms with E-state index in [1.54, 1.807) is 13.0 Å². The van der Waals surface area contributed by atoms with Gasteiger partial charge in [0, 0.05) is 6.42 Å². The van der Waals surface area contributed by atoms with Gasteiger partial charge in [-0.15, -0.1) is 0 Å². The summed E-state index contributed by atoms with van der Waals surface area (Å²) in [5.41, 5.74) is 4.25. The van der Waals surface area contributed by atoms with Gasteiger partial charge in [0.1, 0.15) is 0 Å². The lowest BCUT2D eigenvalue weighted by molar-refractivity contribution is -0.133. The number of hydrogen-bond acceptors (Lipinski definition) is 2. The summed E-state index contributed by atoms with van der Waals surface area (Å²) in [6.45, 7) is 1.68. The molecule has 1 aliphatic rings. The third kappa shape index (κ3) is 0.896.